The van der Waals surface area contributed by atoms with Gasteiger partial charge in [0.05, 0.1) is 0 Å². The number of anilines is 1. The minimum atomic E-state index is 0.525. The molecule has 0 unspecified atom stereocenters. The molecule has 0 aliphatic heterocycles. The molecule has 2 N–H and O–H groups in total. The molecule has 0 bridgehead atoms. The first kappa shape index (κ1) is 11.9. The van der Waals surface area contributed by atoms with E-state index in [1.54, 1.807) is 6.07 Å². The number of hydrogen-bond acceptors (Lipinski definition) is 3. The van der Waals surface area contributed by atoms with Crippen LogP contribution < -0.4 is 5.73 Å². The Morgan fingerprint density at radius 1 is 1.23 bits per heavy atom. The van der Waals surface area contributed by atoms with Crippen LogP contribution in [0.1, 0.15) is 38.8 Å². The minimum absolute atomic E-state index is 0.525. The van der Waals surface area contributed by atoms with Gasteiger partial charge in [0.15, 0.2) is 0 Å². The third kappa shape index (κ3) is 7.25. The van der Waals surface area contributed by atoms with E-state index in [1.165, 1.54) is 25.6 Å². The van der Waals surface area contributed by atoms with Gasteiger partial charge in [-0.25, -0.2) is 9.97 Å². The van der Waals surface area contributed by atoms with Gasteiger partial charge in [0, 0.05) is 11.8 Å². The van der Waals surface area contributed by atoms with Crippen molar-refractivity contribution in [2.45, 2.75) is 40.0 Å². The Labute approximate surface area is 80.4 Å². The molecule has 74 valence electrons. The summed E-state index contributed by atoms with van der Waals surface area (Å²) < 4.78 is 0. The van der Waals surface area contributed by atoms with E-state index in [4.69, 9.17) is 5.73 Å². The van der Waals surface area contributed by atoms with Gasteiger partial charge in [-0.1, -0.05) is 33.1 Å². The summed E-state index contributed by atoms with van der Waals surface area (Å²) >= 11 is 0. The molecule has 1 aromatic heterocycles. The third-order valence-electron chi connectivity index (χ3n) is 1.53. The van der Waals surface area contributed by atoms with Crippen LogP contribution in [0.5, 0.6) is 0 Å². The molecular formula is C10H19N3. The third-order valence-corrected chi connectivity index (χ3v) is 1.53. The molecule has 0 radical (unpaired) electrons. The second-order valence-corrected chi connectivity index (χ2v) is 2.94. The SMILES string of the molecule is CCCCC.Cc1cc(N)ncn1. The van der Waals surface area contributed by atoms with E-state index in [2.05, 4.69) is 23.8 Å². The Morgan fingerprint density at radius 2 is 1.85 bits per heavy atom. The fraction of sp³-hybridized carbons (Fsp3) is 0.600. The van der Waals surface area contributed by atoms with Crippen LogP contribution in [0.3, 0.4) is 0 Å². The van der Waals surface area contributed by atoms with Crippen LogP contribution in [-0.2, 0) is 0 Å². The molecule has 0 fully saturated rings. The fourth-order valence-electron chi connectivity index (χ4n) is 0.829. The van der Waals surface area contributed by atoms with Crippen molar-refractivity contribution in [2.24, 2.45) is 0 Å². The Bertz CT molecular complexity index is 204. The zero-order chi connectivity index (χ0) is 10.1. The van der Waals surface area contributed by atoms with Gasteiger partial charge < -0.3 is 5.73 Å². The molecule has 1 heterocycles. The molecule has 3 nitrogen and oxygen atoms in total. The first-order valence-corrected chi connectivity index (χ1v) is 4.74. The summed E-state index contributed by atoms with van der Waals surface area (Å²) in [7, 11) is 0. The highest BCUT2D eigenvalue weighted by Gasteiger charge is 1.83. The van der Waals surface area contributed by atoms with Crippen LogP contribution in [0.25, 0.3) is 0 Å². The van der Waals surface area contributed by atoms with E-state index in [0.717, 1.165) is 5.69 Å². The number of unbranched alkanes of at least 4 members (excludes halogenated alkanes) is 2. The quantitative estimate of drug-likeness (QED) is 0.762. The second-order valence-electron chi connectivity index (χ2n) is 2.94. The number of nitrogen functional groups attached to an aromatic ring is 1. The van der Waals surface area contributed by atoms with Crippen LogP contribution >= 0.6 is 0 Å². The molecule has 0 aromatic carbocycles. The fourth-order valence-corrected chi connectivity index (χ4v) is 0.829. The highest BCUT2D eigenvalue weighted by atomic mass is 14.9. The first-order chi connectivity index (χ1) is 6.20. The number of nitrogens with zero attached hydrogens (tertiary/aromatic N) is 2. The zero-order valence-corrected chi connectivity index (χ0v) is 8.75. The van der Waals surface area contributed by atoms with Gasteiger partial charge in [-0.05, 0) is 6.92 Å². The number of hydrogen-bond donors (Lipinski definition) is 1. The highest BCUT2D eigenvalue weighted by molar-refractivity contribution is 5.26. The van der Waals surface area contributed by atoms with Gasteiger partial charge in [-0.2, -0.15) is 0 Å². The van der Waals surface area contributed by atoms with Gasteiger partial charge in [0.1, 0.15) is 12.1 Å². The molecular weight excluding hydrogens is 162 g/mol. The standard InChI is InChI=1S/C5H7N3.C5H12/c1-4-2-5(6)8-3-7-4;1-3-5-4-2/h2-3H,1H3,(H2,6,7,8);3-5H2,1-2H3. The van der Waals surface area contributed by atoms with Gasteiger partial charge in [0.2, 0.25) is 0 Å². The van der Waals surface area contributed by atoms with E-state index in [9.17, 15) is 0 Å². The van der Waals surface area contributed by atoms with Crippen molar-refractivity contribution in [1.82, 2.24) is 9.97 Å². The maximum absolute atomic E-state index is 5.31. The number of aryl methyl sites for hydroxylation is 1. The van der Waals surface area contributed by atoms with Gasteiger partial charge in [0.25, 0.3) is 0 Å². The van der Waals surface area contributed by atoms with Crippen LogP contribution in [0.2, 0.25) is 0 Å². The minimum Gasteiger partial charge on any atom is -0.384 e. The van der Waals surface area contributed by atoms with Crippen molar-refractivity contribution in [2.75, 3.05) is 5.73 Å². The predicted molar refractivity (Wildman–Crippen MR) is 56.4 cm³/mol. The highest BCUT2D eigenvalue weighted by Crippen LogP contribution is 1.94. The van der Waals surface area contributed by atoms with Crippen molar-refractivity contribution in [3.8, 4) is 0 Å². The maximum atomic E-state index is 5.31. The molecule has 1 rings (SSSR count). The van der Waals surface area contributed by atoms with Gasteiger partial charge >= 0.3 is 0 Å². The van der Waals surface area contributed by atoms with E-state index in [-0.39, 0.29) is 0 Å². The van der Waals surface area contributed by atoms with Crippen molar-refractivity contribution < 1.29 is 0 Å². The molecule has 0 atom stereocenters. The Kier molecular flexibility index (Phi) is 6.88. The lowest BCUT2D eigenvalue weighted by Crippen LogP contribution is -1.90. The largest absolute Gasteiger partial charge is 0.384 e. The summed E-state index contributed by atoms with van der Waals surface area (Å²) in [5.74, 6) is 0.525. The molecule has 13 heavy (non-hydrogen) atoms. The topological polar surface area (TPSA) is 51.8 Å². The number of aromatic nitrogens is 2. The summed E-state index contributed by atoms with van der Waals surface area (Å²) in [5.41, 5.74) is 6.21. The summed E-state index contributed by atoms with van der Waals surface area (Å²) in [6.45, 7) is 6.30. The smallest absolute Gasteiger partial charge is 0.126 e. The van der Waals surface area contributed by atoms with Crippen molar-refractivity contribution >= 4 is 5.82 Å². The van der Waals surface area contributed by atoms with Crippen LogP contribution in [-0.4, -0.2) is 9.97 Å². The zero-order valence-electron chi connectivity index (χ0n) is 8.75. The van der Waals surface area contributed by atoms with Crippen LogP contribution in [0.15, 0.2) is 12.4 Å². The van der Waals surface area contributed by atoms with Crippen LogP contribution in [0.4, 0.5) is 5.82 Å². The molecule has 3 heteroatoms. The van der Waals surface area contributed by atoms with Gasteiger partial charge in [-0.15, -0.1) is 0 Å². The first-order valence-electron chi connectivity index (χ1n) is 4.74. The molecule has 0 saturated carbocycles. The molecule has 0 aliphatic carbocycles. The van der Waals surface area contributed by atoms with Crippen molar-refractivity contribution in [3.05, 3.63) is 18.1 Å². The summed E-state index contributed by atoms with van der Waals surface area (Å²) in [6, 6.07) is 1.72. The van der Waals surface area contributed by atoms with Crippen molar-refractivity contribution in [3.63, 3.8) is 0 Å². The lowest BCUT2D eigenvalue weighted by molar-refractivity contribution is 0.772. The lowest BCUT2D eigenvalue weighted by Gasteiger charge is -1.89. The molecule has 0 amide bonds. The van der Waals surface area contributed by atoms with E-state index in [1.807, 2.05) is 6.92 Å². The Morgan fingerprint density at radius 3 is 2.08 bits per heavy atom. The summed E-state index contributed by atoms with van der Waals surface area (Å²) in [6.07, 6.45) is 5.53. The summed E-state index contributed by atoms with van der Waals surface area (Å²) in [4.78, 5) is 7.56. The number of rotatable bonds is 2. The van der Waals surface area contributed by atoms with E-state index in [0.29, 0.717) is 5.82 Å². The number of nitrogens with two attached hydrogens (primary N) is 1. The molecule has 0 aliphatic rings. The predicted octanol–water partition coefficient (Wildman–Crippen LogP) is 2.56. The average Bonchev–Trinajstić information content (AvgIpc) is 2.06. The Hall–Kier alpha value is -1.12. The second kappa shape index (κ2) is 7.53. The van der Waals surface area contributed by atoms with Crippen LogP contribution in [0, 0.1) is 6.92 Å². The average molecular weight is 181 g/mol. The van der Waals surface area contributed by atoms with E-state index < -0.39 is 0 Å². The summed E-state index contributed by atoms with van der Waals surface area (Å²) in [5, 5.41) is 0. The Balaban J connectivity index is 0.000000252. The lowest BCUT2D eigenvalue weighted by atomic mass is 10.3. The monoisotopic (exact) mass is 181 g/mol. The maximum Gasteiger partial charge on any atom is 0.126 e. The molecule has 0 saturated heterocycles. The molecule has 0 spiro atoms. The van der Waals surface area contributed by atoms with E-state index >= 15 is 0 Å². The molecule has 1 aromatic rings. The normalized spacial score (nSPS) is 8.85. The van der Waals surface area contributed by atoms with Crippen molar-refractivity contribution in [1.29, 1.82) is 0 Å². The van der Waals surface area contributed by atoms with Gasteiger partial charge in [-0.3, -0.25) is 0 Å².